The van der Waals surface area contributed by atoms with Crippen molar-refractivity contribution in [3.05, 3.63) is 54.1 Å². The molecule has 0 aliphatic carbocycles. The SMILES string of the molecule is Cn1cccc1C(c1cccnc1)N1CCNCC1. The summed E-state index contributed by atoms with van der Waals surface area (Å²) in [7, 11) is 2.11. The van der Waals surface area contributed by atoms with Gasteiger partial charge in [-0.15, -0.1) is 0 Å². The zero-order valence-corrected chi connectivity index (χ0v) is 11.3. The van der Waals surface area contributed by atoms with Gasteiger partial charge >= 0.3 is 0 Å². The van der Waals surface area contributed by atoms with Crippen LogP contribution in [0.15, 0.2) is 42.9 Å². The standard InChI is InChI=1S/C15H20N4/c1-18-9-3-5-14(18)15(13-4-2-6-17-12-13)19-10-7-16-8-11-19/h2-6,9,12,15-16H,7-8,10-11H2,1H3. The number of rotatable bonds is 3. The van der Waals surface area contributed by atoms with Gasteiger partial charge in [0.2, 0.25) is 0 Å². The quantitative estimate of drug-likeness (QED) is 0.901. The maximum Gasteiger partial charge on any atom is 0.0771 e. The van der Waals surface area contributed by atoms with Crippen molar-refractivity contribution in [3.63, 3.8) is 0 Å². The summed E-state index contributed by atoms with van der Waals surface area (Å²) in [5.41, 5.74) is 2.60. The van der Waals surface area contributed by atoms with E-state index in [1.165, 1.54) is 11.3 Å². The van der Waals surface area contributed by atoms with E-state index in [-0.39, 0.29) is 0 Å². The lowest BCUT2D eigenvalue weighted by molar-refractivity contribution is 0.193. The molecular weight excluding hydrogens is 236 g/mol. The van der Waals surface area contributed by atoms with Crippen LogP contribution < -0.4 is 5.32 Å². The van der Waals surface area contributed by atoms with Crippen molar-refractivity contribution in [2.75, 3.05) is 26.2 Å². The van der Waals surface area contributed by atoms with Crippen molar-refractivity contribution in [1.29, 1.82) is 0 Å². The number of pyridine rings is 1. The number of aryl methyl sites for hydroxylation is 1. The van der Waals surface area contributed by atoms with Gasteiger partial charge in [0.1, 0.15) is 0 Å². The normalized spacial score (nSPS) is 18.4. The summed E-state index contributed by atoms with van der Waals surface area (Å²) in [5.74, 6) is 0. The maximum absolute atomic E-state index is 4.29. The van der Waals surface area contributed by atoms with E-state index in [0.717, 1.165) is 26.2 Å². The van der Waals surface area contributed by atoms with Crippen LogP contribution in [0.3, 0.4) is 0 Å². The molecule has 0 amide bonds. The molecule has 1 fully saturated rings. The van der Waals surface area contributed by atoms with Crippen LogP contribution in [0.1, 0.15) is 17.3 Å². The third-order valence-electron chi connectivity index (χ3n) is 3.78. The lowest BCUT2D eigenvalue weighted by atomic mass is 10.0. The largest absolute Gasteiger partial charge is 0.353 e. The van der Waals surface area contributed by atoms with E-state index in [9.17, 15) is 0 Å². The van der Waals surface area contributed by atoms with Crippen LogP contribution in [0.2, 0.25) is 0 Å². The molecule has 0 spiro atoms. The average molecular weight is 256 g/mol. The minimum absolute atomic E-state index is 0.302. The Morgan fingerprint density at radius 2 is 2.05 bits per heavy atom. The van der Waals surface area contributed by atoms with E-state index in [4.69, 9.17) is 0 Å². The number of hydrogen-bond donors (Lipinski definition) is 1. The summed E-state index contributed by atoms with van der Waals surface area (Å²) in [5, 5.41) is 3.42. The van der Waals surface area contributed by atoms with Gasteiger partial charge in [0, 0.05) is 57.5 Å². The van der Waals surface area contributed by atoms with E-state index in [1.54, 1.807) is 0 Å². The molecule has 0 aromatic carbocycles. The number of piperazine rings is 1. The zero-order chi connectivity index (χ0) is 13.1. The topological polar surface area (TPSA) is 33.1 Å². The molecule has 3 rings (SSSR count). The second-order valence-electron chi connectivity index (χ2n) is 5.02. The van der Waals surface area contributed by atoms with Gasteiger partial charge in [-0.05, 0) is 23.8 Å². The van der Waals surface area contributed by atoms with Gasteiger partial charge in [-0.25, -0.2) is 0 Å². The summed E-state index contributed by atoms with van der Waals surface area (Å²) >= 11 is 0. The van der Waals surface area contributed by atoms with Crippen LogP contribution in [0.4, 0.5) is 0 Å². The molecule has 1 aliphatic rings. The van der Waals surface area contributed by atoms with Crippen LogP contribution in [-0.2, 0) is 7.05 Å². The average Bonchev–Trinajstić information content (AvgIpc) is 2.88. The second-order valence-corrected chi connectivity index (χ2v) is 5.02. The minimum Gasteiger partial charge on any atom is -0.353 e. The first-order valence-electron chi connectivity index (χ1n) is 6.82. The Morgan fingerprint density at radius 3 is 2.68 bits per heavy atom. The molecular formula is C15H20N4. The first-order chi connectivity index (χ1) is 9.36. The first-order valence-corrected chi connectivity index (χ1v) is 6.82. The third-order valence-corrected chi connectivity index (χ3v) is 3.78. The van der Waals surface area contributed by atoms with Crippen LogP contribution >= 0.6 is 0 Å². The summed E-state index contributed by atoms with van der Waals surface area (Å²) < 4.78 is 2.21. The highest BCUT2D eigenvalue weighted by molar-refractivity contribution is 5.26. The Morgan fingerprint density at radius 1 is 1.21 bits per heavy atom. The van der Waals surface area contributed by atoms with Gasteiger partial charge in [-0.2, -0.15) is 0 Å². The maximum atomic E-state index is 4.29. The molecule has 4 heteroatoms. The fourth-order valence-corrected chi connectivity index (χ4v) is 2.81. The summed E-state index contributed by atoms with van der Waals surface area (Å²) in [6, 6.07) is 8.82. The Hall–Kier alpha value is -1.65. The van der Waals surface area contributed by atoms with Crippen LogP contribution in [0.5, 0.6) is 0 Å². The van der Waals surface area contributed by atoms with E-state index >= 15 is 0 Å². The summed E-state index contributed by atoms with van der Waals surface area (Å²) in [6.45, 7) is 4.26. The Kier molecular flexibility index (Phi) is 3.62. The molecule has 19 heavy (non-hydrogen) atoms. The number of aromatic nitrogens is 2. The van der Waals surface area contributed by atoms with Crippen molar-refractivity contribution < 1.29 is 0 Å². The summed E-state index contributed by atoms with van der Waals surface area (Å²) in [4.78, 5) is 6.82. The molecule has 100 valence electrons. The lowest BCUT2D eigenvalue weighted by Gasteiger charge is -2.35. The Balaban J connectivity index is 1.98. The molecule has 1 saturated heterocycles. The first kappa shape index (κ1) is 12.4. The number of nitrogens with one attached hydrogen (secondary N) is 1. The second kappa shape index (κ2) is 5.55. The highest BCUT2D eigenvalue weighted by atomic mass is 15.2. The van der Waals surface area contributed by atoms with Gasteiger partial charge in [-0.3, -0.25) is 9.88 Å². The molecule has 2 aromatic rings. The van der Waals surface area contributed by atoms with Gasteiger partial charge in [0.05, 0.1) is 6.04 Å². The van der Waals surface area contributed by atoms with Gasteiger partial charge < -0.3 is 9.88 Å². The smallest absolute Gasteiger partial charge is 0.0771 e. The van der Waals surface area contributed by atoms with Gasteiger partial charge in [0.25, 0.3) is 0 Å². The molecule has 2 aromatic heterocycles. The molecule has 0 radical (unpaired) electrons. The lowest BCUT2D eigenvalue weighted by Crippen LogP contribution is -2.45. The fraction of sp³-hybridized carbons (Fsp3) is 0.400. The van der Waals surface area contributed by atoms with Gasteiger partial charge in [-0.1, -0.05) is 6.07 Å². The molecule has 1 atom stereocenters. The van der Waals surface area contributed by atoms with E-state index in [0.29, 0.717) is 6.04 Å². The summed E-state index contributed by atoms with van der Waals surface area (Å²) in [6.07, 6.45) is 5.93. The third kappa shape index (κ3) is 2.55. The Bertz CT molecular complexity index is 514. The predicted octanol–water partition coefficient (Wildman–Crippen LogP) is 1.41. The highest BCUT2D eigenvalue weighted by Gasteiger charge is 2.25. The molecule has 1 unspecified atom stereocenters. The fourth-order valence-electron chi connectivity index (χ4n) is 2.81. The molecule has 1 N–H and O–H groups in total. The Labute approximate surface area is 114 Å². The van der Waals surface area contributed by atoms with Crippen molar-refractivity contribution in [2.24, 2.45) is 7.05 Å². The van der Waals surface area contributed by atoms with E-state index in [1.807, 2.05) is 18.5 Å². The van der Waals surface area contributed by atoms with Crippen molar-refractivity contribution in [1.82, 2.24) is 19.8 Å². The van der Waals surface area contributed by atoms with Crippen molar-refractivity contribution >= 4 is 0 Å². The molecule has 1 aliphatic heterocycles. The van der Waals surface area contributed by atoms with Crippen LogP contribution in [-0.4, -0.2) is 40.6 Å². The number of hydrogen-bond acceptors (Lipinski definition) is 3. The molecule has 4 nitrogen and oxygen atoms in total. The molecule has 0 saturated carbocycles. The number of nitrogens with zero attached hydrogens (tertiary/aromatic N) is 3. The van der Waals surface area contributed by atoms with Gasteiger partial charge in [0.15, 0.2) is 0 Å². The van der Waals surface area contributed by atoms with Crippen LogP contribution in [0.25, 0.3) is 0 Å². The van der Waals surface area contributed by atoms with E-state index < -0.39 is 0 Å². The van der Waals surface area contributed by atoms with E-state index in [2.05, 4.69) is 51.2 Å². The van der Waals surface area contributed by atoms with Crippen LogP contribution in [0, 0.1) is 0 Å². The monoisotopic (exact) mass is 256 g/mol. The molecule has 0 bridgehead atoms. The minimum atomic E-state index is 0.302. The zero-order valence-electron chi connectivity index (χ0n) is 11.3. The van der Waals surface area contributed by atoms with Crippen molar-refractivity contribution in [3.8, 4) is 0 Å². The van der Waals surface area contributed by atoms with Crippen molar-refractivity contribution in [2.45, 2.75) is 6.04 Å². The molecule has 3 heterocycles. The highest BCUT2D eigenvalue weighted by Crippen LogP contribution is 2.28. The predicted molar refractivity (Wildman–Crippen MR) is 75.9 cm³/mol.